The molecule has 1 aromatic heterocycles. The highest BCUT2D eigenvalue weighted by Gasteiger charge is 2.12. The molecule has 0 spiro atoms. The van der Waals surface area contributed by atoms with Gasteiger partial charge in [-0.3, -0.25) is 9.59 Å². The van der Waals surface area contributed by atoms with Crippen molar-refractivity contribution in [3.05, 3.63) is 53.0 Å². The Morgan fingerprint density at radius 3 is 2.70 bits per heavy atom. The molecular formula is C19H21ClN2O5. The van der Waals surface area contributed by atoms with Crippen LogP contribution in [0, 0.1) is 0 Å². The van der Waals surface area contributed by atoms with Gasteiger partial charge in [-0.1, -0.05) is 11.6 Å². The first-order chi connectivity index (χ1) is 12.9. The van der Waals surface area contributed by atoms with Crippen LogP contribution in [0.5, 0.6) is 11.5 Å². The molecule has 0 aliphatic rings. The number of rotatable bonds is 8. The van der Waals surface area contributed by atoms with Crippen molar-refractivity contribution in [3.8, 4) is 11.5 Å². The van der Waals surface area contributed by atoms with Gasteiger partial charge in [-0.2, -0.15) is 0 Å². The molecule has 0 aliphatic carbocycles. The number of amides is 2. The SMILES string of the molecule is COc1cc(C=CC(=O)N(C)CC(=O)NCc2ccco2)cc(Cl)c1OC. The third-order valence-corrected chi connectivity index (χ3v) is 3.95. The van der Waals surface area contributed by atoms with Crippen molar-refractivity contribution in [2.24, 2.45) is 0 Å². The average Bonchev–Trinajstić information content (AvgIpc) is 3.17. The fraction of sp³-hybridized carbons (Fsp3) is 0.263. The number of nitrogens with one attached hydrogen (secondary N) is 1. The van der Waals surface area contributed by atoms with Gasteiger partial charge in [-0.05, 0) is 35.9 Å². The maximum Gasteiger partial charge on any atom is 0.246 e. The fourth-order valence-corrected chi connectivity index (χ4v) is 2.57. The molecule has 0 unspecified atom stereocenters. The number of furan rings is 1. The second kappa shape index (κ2) is 9.68. The third-order valence-electron chi connectivity index (χ3n) is 3.67. The average molecular weight is 393 g/mol. The highest BCUT2D eigenvalue weighted by Crippen LogP contribution is 2.36. The molecule has 2 aromatic rings. The molecule has 0 aliphatic heterocycles. The number of benzene rings is 1. The molecule has 1 aromatic carbocycles. The Labute approximate surface area is 162 Å². The zero-order valence-electron chi connectivity index (χ0n) is 15.3. The van der Waals surface area contributed by atoms with E-state index in [1.54, 1.807) is 37.4 Å². The van der Waals surface area contributed by atoms with E-state index < -0.39 is 0 Å². The number of carbonyl (C=O) groups excluding carboxylic acids is 2. The Hall–Kier alpha value is -2.93. The summed E-state index contributed by atoms with van der Waals surface area (Å²) in [7, 11) is 4.54. The van der Waals surface area contributed by atoms with Gasteiger partial charge in [0.05, 0.1) is 38.6 Å². The summed E-state index contributed by atoms with van der Waals surface area (Å²) in [5, 5.41) is 3.05. The molecule has 1 heterocycles. The highest BCUT2D eigenvalue weighted by molar-refractivity contribution is 6.32. The Morgan fingerprint density at radius 2 is 2.07 bits per heavy atom. The first-order valence-corrected chi connectivity index (χ1v) is 8.46. The number of nitrogens with zero attached hydrogens (tertiary/aromatic N) is 1. The van der Waals surface area contributed by atoms with Gasteiger partial charge in [0, 0.05) is 13.1 Å². The summed E-state index contributed by atoms with van der Waals surface area (Å²) in [6.07, 6.45) is 4.48. The van der Waals surface area contributed by atoms with Crippen LogP contribution in [0.2, 0.25) is 5.02 Å². The molecule has 0 fully saturated rings. The molecule has 8 heteroatoms. The molecule has 1 N–H and O–H groups in total. The first kappa shape index (κ1) is 20.4. The Kier molecular flexibility index (Phi) is 7.31. The molecule has 0 bridgehead atoms. The summed E-state index contributed by atoms with van der Waals surface area (Å²) in [6, 6.07) is 6.85. The van der Waals surface area contributed by atoms with Crippen LogP contribution >= 0.6 is 11.6 Å². The first-order valence-electron chi connectivity index (χ1n) is 8.08. The summed E-state index contributed by atoms with van der Waals surface area (Å²) < 4.78 is 15.5. The maximum absolute atomic E-state index is 12.2. The normalized spacial score (nSPS) is 10.7. The zero-order chi connectivity index (χ0) is 19.8. The minimum absolute atomic E-state index is 0.0728. The van der Waals surface area contributed by atoms with Gasteiger partial charge in [0.15, 0.2) is 11.5 Å². The van der Waals surface area contributed by atoms with E-state index in [4.69, 9.17) is 25.5 Å². The molecular weight excluding hydrogens is 372 g/mol. The smallest absolute Gasteiger partial charge is 0.246 e. The number of carbonyl (C=O) groups is 2. The number of hydrogen-bond donors (Lipinski definition) is 1. The van der Waals surface area contributed by atoms with Gasteiger partial charge in [0.1, 0.15) is 5.76 Å². The lowest BCUT2D eigenvalue weighted by molar-refractivity contribution is -0.131. The molecule has 0 radical (unpaired) electrons. The minimum Gasteiger partial charge on any atom is -0.493 e. The molecule has 0 atom stereocenters. The van der Waals surface area contributed by atoms with E-state index in [0.29, 0.717) is 27.8 Å². The zero-order valence-corrected chi connectivity index (χ0v) is 16.1. The maximum atomic E-state index is 12.2. The molecule has 27 heavy (non-hydrogen) atoms. The van der Waals surface area contributed by atoms with Crippen LogP contribution < -0.4 is 14.8 Å². The van der Waals surface area contributed by atoms with Gasteiger partial charge in [0.2, 0.25) is 11.8 Å². The Bertz CT molecular complexity index is 818. The lowest BCUT2D eigenvalue weighted by atomic mass is 10.2. The van der Waals surface area contributed by atoms with E-state index in [1.165, 1.54) is 31.5 Å². The number of hydrogen-bond acceptors (Lipinski definition) is 5. The molecule has 0 saturated carbocycles. The largest absolute Gasteiger partial charge is 0.493 e. The molecule has 2 amide bonds. The van der Waals surface area contributed by atoms with E-state index >= 15 is 0 Å². The van der Waals surface area contributed by atoms with Crippen LogP contribution in [-0.2, 0) is 16.1 Å². The van der Waals surface area contributed by atoms with Crippen molar-refractivity contribution in [2.75, 3.05) is 27.8 Å². The minimum atomic E-state index is -0.325. The van der Waals surface area contributed by atoms with Crippen LogP contribution in [0.15, 0.2) is 41.0 Å². The lowest BCUT2D eigenvalue weighted by Crippen LogP contribution is -2.37. The van der Waals surface area contributed by atoms with Crippen molar-refractivity contribution in [1.82, 2.24) is 10.2 Å². The summed E-state index contributed by atoms with van der Waals surface area (Å²) in [5.74, 6) is 0.914. The summed E-state index contributed by atoms with van der Waals surface area (Å²) in [6.45, 7) is 0.199. The van der Waals surface area contributed by atoms with Crippen LogP contribution in [0.3, 0.4) is 0 Å². The Balaban J connectivity index is 1.93. The van der Waals surface area contributed by atoms with Crippen molar-refractivity contribution in [2.45, 2.75) is 6.54 Å². The van der Waals surface area contributed by atoms with E-state index in [1.807, 2.05) is 0 Å². The monoisotopic (exact) mass is 392 g/mol. The fourth-order valence-electron chi connectivity index (χ4n) is 2.28. The third kappa shape index (κ3) is 5.79. The van der Waals surface area contributed by atoms with Gasteiger partial charge >= 0.3 is 0 Å². The van der Waals surface area contributed by atoms with E-state index in [0.717, 1.165) is 0 Å². The lowest BCUT2D eigenvalue weighted by Gasteiger charge is -2.14. The summed E-state index contributed by atoms with van der Waals surface area (Å²) in [5.41, 5.74) is 0.668. The molecule has 0 saturated heterocycles. The highest BCUT2D eigenvalue weighted by atomic mass is 35.5. The topological polar surface area (TPSA) is 81.0 Å². The second-order valence-corrected chi connectivity index (χ2v) is 6.03. The van der Waals surface area contributed by atoms with Crippen molar-refractivity contribution in [3.63, 3.8) is 0 Å². The standard InChI is InChI=1S/C19H21ClN2O5/c1-22(12-17(23)21-11-14-5-4-8-27-14)18(24)7-6-13-9-15(20)19(26-3)16(10-13)25-2/h4-10H,11-12H2,1-3H3,(H,21,23). The van der Waals surface area contributed by atoms with Crippen LogP contribution in [0.1, 0.15) is 11.3 Å². The summed E-state index contributed by atoms with van der Waals surface area (Å²) in [4.78, 5) is 25.4. The van der Waals surface area contributed by atoms with Crippen molar-refractivity contribution >= 4 is 29.5 Å². The molecule has 7 nitrogen and oxygen atoms in total. The molecule has 2 rings (SSSR count). The van der Waals surface area contributed by atoms with Crippen LogP contribution in [-0.4, -0.2) is 44.5 Å². The van der Waals surface area contributed by atoms with E-state index in [2.05, 4.69) is 5.32 Å². The summed E-state index contributed by atoms with van der Waals surface area (Å²) >= 11 is 6.14. The Morgan fingerprint density at radius 1 is 1.30 bits per heavy atom. The van der Waals surface area contributed by atoms with E-state index in [-0.39, 0.29) is 24.9 Å². The van der Waals surface area contributed by atoms with Crippen molar-refractivity contribution in [1.29, 1.82) is 0 Å². The predicted molar refractivity (Wildman–Crippen MR) is 102 cm³/mol. The van der Waals surface area contributed by atoms with Gasteiger partial charge < -0.3 is 24.1 Å². The van der Waals surface area contributed by atoms with E-state index in [9.17, 15) is 9.59 Å². The van der Waals surface area contributed by atoms with Gasteiger partial charge in [-0.25, -0.2) is 0 Å². The van der Waals surface area contributed by atoms with Gasteiger partial charge in [-0.15, -0.1) is 0 Å². The van der Waals surface area contributed by atoms with Crippen molar-refractivity contribution < 1.29 is 23.5 Å². The van der Waals surface area contributed by atoms with Gasteiger partial charge in [0.25, 0.3) is 0 Å². The number of halogens is 1. The van der Waals surface area contributed by atoms with Crippen LogP contribution in [0.4, 0.5) is 0 Å². The number of ether oxygens (including phenoxy) is 2. The molecule has 144 valence electrons. The quantitative estimate of drug-likeness (QED) is 0.698. The van der Waals surface area contributed by atoms with Crippen LogP contribution in [0.25, 0.3) is 6.08 Å². The number of methoxy groups -OCH3 is 2. The second-order valence-electron chi connectivity index (χ2n) is 5.62. The predicted octanol–water partition coefficient (Wildman–Crippen LogP) is 2.74. The number of likely N-dealkylation sites (N-methyl/N-ethyl adjacent to an activating group) is 1.